The molecule has 0 unspecified atom stereocenters. The van der Waals surface area contributed by atoms with Gasteiger partial charge in [0.15, 0.2) is 11.9 Å². The molecule has 0 bridgehead atoms. The third kappa shape index (κ3) is 5.17. The van der Waals surface area contributed by atoms with E-state index in [0.717, 1.165) is 0 Å². The van der Waals surface area contributed by atoms with Crippen LogP contribution in [0.4, 0.5) is 0 Å². The number of esters is 2. The summed E-state index contributed by atoms with van der Waals surface area (Å²) in [5.41, 5.74) is 1.62. The number of ketones is 1. The fourth-order valence-electron chi connectivity index (χ4n) is 2.20. The van der Waals surface area contributed by atoms with Gasteiger partial charge in [0.1, 0.15) is 12.4 Å². The van der Waals surface area contributed by atoms with E-state index in [1.165, 1.54) is 14.0 Å². The van der Waals surface area contributed by atoms with Crippen LogP contribution in [0.15, 0.2) is 48.5 Å². The predicted octanol–water partition coefficient (Wildman–Crippen LogP) is 3.19. The number of rotatable bonds is 7. The van der Waals surface area contributed by atoms with Crippen molar-refractivity contribution >= 4 is 17.7 Å². The van der Waals surface area contributed by atoms with Crippen molar-refractivity contribution in [2.24, 2.45) is 0 Å². The Balaban J connectivity index is 1.91. The SMILES string of the molecule is COC(=O)c1cccc(COC(=O)[C@H](C)Oc2ccc(C(C)=O)cc2)c1. The molecule has 0 aliphatic heterocycles. The van der Waals surface area contributed by atoms with Crippen LogP contribution in [0.3, 0.4) is 0 Å². The minimum atomic E-state index is -0.818. The Morgan fingerprint density at radius 3 is 2.31 bits per heavy atom. The zero-order valence-corrected chi connectivity index (χ0v) is 14.9. The molecule has 0 aliphatic rings. The van der Waals surface area contributed by atoms with Crippen molar-refractivity contribution in [2.75, 3.05) is 7.11 Å². The highest BCUT2D eigenvalue weighted by Crippen LogP contribution is 2.15. The maximum absolute atomic E-state index is 12.1. The molecule has 0 radical (unpaired) electrons. The van der Waals surface area contributed by atoms with E-state index in [9.17, 15) is 14.4 Å². The Hall–Kier alpha value is -3.15. The first-order valence-electron chi connectivity index (χ1n) is 8.02. The van der Waals surface area contributed by atoms with Crippen molar-refractivity contribution in [2.45, 2.75) is 26.6 Å². The normalized spacial score (nSPS) is 11.3. The highest BCUT2D eigenvalue weighted by molar-refractivity contribution is 5.94. The average Bonchev–Trinajstić information content (AvgIpc) is 2.66. The van der Waals surface area contributed by atoms with Crippen LogP contribution in [0.1, 0.15) is 40.1 Å². The highest BCUT2D eigenvalue weighted by Gasteiger charge is 2.17. The van der Waals surface area contributed by atoms with Gasteiger partial charge in [-0.25, -0.2) is 9.59 Å². The molecule has 2 aromatic carbocycles. The second-order valence-electron chi connectivity index (χ2n) is 5.64. The minimum Gasteiger partial charge on any atom is -0.479 e. The Morgan fingerprint density at radius 1 is 1.00 bits per heavy atom. The van der Waals surface area contributed by atoms with Crippen LogP contribution in [0.5, 0.6) is 5.75 Å². The monoisotopic (exact) mass is 356 g/mol. The van der Waals surface area contributed by atoms with Crippen LogP contribution in [0, 0.1) is 0 Å². The molecule has 0 aliphatic carbocycles. The smallest absolute Gasteiger partial charge is 0.347 e. The standard InChI is InChI=1S/C20H20O6/c1-13(21)16-7-9-18(10-8-16)26-14(2)19(22)25-12-15-5-4-6-17(11-15)20(23)24-3/h4-11,14H,12H2,1-3H3/t14-/m0/s1. The fourth-order valence-corrected chi connectivity index (χ4v) is 2.20. The van der Waals surface area contributed by atoms with Gasteiger partial charge in [-0.3, -0.25) is 4.79 Å². The average molecular weight is 356 g/mol. The van der Waals surface area contributed by atoms with Gasteiger partial charge in [-0.1, -0.05) is 12.1 Å². The number of hydrogen-bond donors (Lipinski definition) is 0. The number of carbonyl (C=O) groups excluding carboxylic acids is 3. The first-order valence-corrected chi connectivity index (χ1v) is 8.02. The maximum atomic E-state index is 12.1. The van der Waals surface area contributed by atoms with Crippen LogP contribution < -0.4 is 4.74 Å². The molecule has 2 rings (SSSR count). The lowest BCUT2D eigenvalue weighted by Gasteiger charge is -2.14. The molecule has 6 nitrogen and oxygen atoms in total. The number of hydrogen-bond acceptors (Lipinski definition) is 6. The molecule has 0 amide bonds. The van der Waals surface area contributed by atoms with Gasteiger partial charge in [-0.2, -0.15) is 0 Å². The van der Waals surface area contributed by atoms with Gasteiger partial charge >= 0.3 is 11.9 Å². The molecule has 0 aromatic heterocycles. The maximum Gasteiger partial charge on any atom is 0.347 e. The van der Waals surface area contributed by atoms with Crippen LogP contribution in [0.2, 0.25) is 0 Å². The first-order chi connectivity index (χ1) is 12.4. The Labute approximate surface area is 151 Å². The summed E-state index contributed by atoms with van der Waals surface area (Å²) >= 11 is 0. The van der Waals surface area contributed by atoms with Crippen molar-refractivity contribution in [1.82, 2.24) is 0 Å². The lowest BCUT2D eigenvalue weighted by molar-refractivity contribution is -0.152. The molecule has 6 heteroatoms. The molecule has 0 saturated carbocycles. The van der Waals surface area contributed by atoms with Gasteiger partial charge in [-0.05, 0) is 55.8 Å². The third-order valence-electron chi connectivity index (χ3n) is 3.63. The zero-order chi connectivity index (χ0) is 19.1. The van der Waals surface area contributed by atoms with Crippen LogP contribution >= 0.6 is 0 Å². The van der Waals surface area contributed by atoms with Gasteiger partial charge in [0.05, 0.1) is 12.7 Å². The van der Waals surface area contributed by atoms with E-state index in [4.69, 9.17) is 9.47 Å². The zero-order valence-electron chi connectivity index (χ0n) is 14.9. The van der Waals surface area contributed by atoms with E-state index in [2.05, 4.69) is 4.74 Å². The second kappa shape index (κ2) is 8.80. The van der Waals surface area contributed by atoms with Crippen LogP contribution in [-0.2, 0) is 20.9 Å². The molecular weight excluding hydrogens is 336 g/mol. The Morgan fingerprint density at radius 2 is 1.69 bits per heavy atom. The Bertz CT molecular complexity index is 794. The van der Waals surface area contributed by atoms with Gasteiger partial charge in [0.25, 0.3) is 0 Å². The lowest BCUT2D eigenvalue weighted by Crippen LogP contribution is -2.26. The first kappa shape index (κ1) is 19.2. The quantitative estimate of drug-likeness (QED) is 0.560. The van der Waals surface area contributed by atoms with E-state index in [-0.39, 0.29) is 12.4 Å². The summed E-state index contributed by atoms with van der Waals surface area (Å²) in [7, 11) is 1.30. The largest absolute Gasteiger partial charge is 0.479 e. The molecule has 26 heavy (non-hydrogen) atoms. The molecule has 0 N–H and O–H groups in total. The summed E-state index contributed by atoms with van der Waals surface area (Å²) in [5, 5.41) is 0. The predicted molar refractivity (Wildman–Crippen MR) is 94.1 cm³/mol. The fraction of sp³-hybridized carbons (Fsp3) is 0.250. The van der Waals surface area contributed by atoms with Gasteiger partial charge < -0.3 is 14.2 Å². The van der Waals surface area contributed by atoms with Crippen molar-refractivity contribution in [3.05, 3.63) is 65.2 Å². The van der Waals surface area contributed by atoms with Crippen molar-refractivity contribution in [3.8, 4) is 5.75 Å². The summed E-state index contributed by atoms with van der Waals surface area (Å²) in [6, 6.07) is 13.2. The molecule has 0 fully saturated rings. The topological polar surface area (TPSA) is 78.9 Å². The van der Waals surface area contributed by atoms with E-state index in [0.29, 0.717) is 22.4 Å². The number of ether oxygens (including phenoxy) is 3. The number of methoxy groups -OCH3 is 1. The summed E-state index contributed by atoms with van der Waals surface area (Å²) in [6.07, 6.45) is -0.818. The van der Waals surface area contributed by atoms with E-state index in [1.807, 2.05) is 0 Å². The minimum absolute atomic E-state index is 0.0145. The lowest BCUT2D eigenvalue weighted by atomic mass is 10.1. The van der Waals surface area contributed by atoms with Crippen LogP contribution in [-0.4, -0.2) is 30.9 Å². The van der Waals surface area contributed by atoms with Crippen LogP contribution in [0.25, 0.3) is 0 Å². The summed E-state index contributed by atoms with van der Waals surface area (Å²) in [4.78, 5) is 34.8. The molecule has 1 atom stereocenters. The number of benzene rings is 2. The second-order valence-corrected chi connectivity index (χ2v) is 5.64. The van der Waals surface area contributed by atoms with E-state index < -0.39 is 18.0 Å². The summed E-state index contributed by atoms with van der Waals surface area (Å²) in [6.45, 7) is 3.07. The van der Waals surface area contributed by atoms with Crippen molar-refractivity contribution in [3.63, 3.8) is 0 Å². The number of carbonyl (C=O) groups is 3. The highest BCUT2D eigenvalue weighted by atomic mass is 16.6. The number of Topliss-reactive ketones (excluding diaryl/α,β-unsaturated/α-hetero) is 1. The van der Waals surface area contributed by atoms with E-state index >= 15 is 0 Å². The molecule has 0 spiro atoms. The summed E-state index contributed by atoms with van der Waals surface area (Å²) in [5.74, 6) is -0.571. The molecule has 0 saturated heterocycles. The molecule has 2 aromatic rings. The van der Waals surface area contributed by atoms with Gasteiger partial charge in [0, 0.05) is 5.56 Å². The third-order valence-corrected chi connectivity index (χ3v) is 3.63. The van der Waals surface area contributed by atoms with E-state index in [1.54, 1.807) is 55.5 Å². The molecular formula is C20H20O6. The van der Waals surface area contributed by atoms with Crippen molar-refractivity contribution < 1.29 is 28.6 Å². The van der Waals surface area contributed by atoms with Gasteiger partial charge in [0.2, 0.25) is 0 Å². The van der Waals surface area contributed by atoms with Gasteiger partial charge in [-0.15, -0.1) is 0 Å². The Kier molecular flexibility index (Phi) is 6.49. The molecule has 0 heterocycles. The van der Waals surface area contributed by atoms with Crippen molar-refractivity contribution in [1.29, 1.82) is 0 Å². The molecule has 136 valence electrons. The summed E-state index contributed by atoms with van der Waals surface area (Å²) < 4.78 is 15.4.